The Morgan fingerprint density at radius 3 is 1.75 bits per heavy atom. The molecule has 0 aromatic heterocycles. The van der Waals surface area contributed by atoms with Crippen molar-refractivity contribution in [1.29, 1.82) is 0 Å². The Morgan fingerprint density at radius 1 is 1.75 bits per heavy atom. The number of rotatable bonds is 0. The first-order valence-electron chi connectivity index (χ1n) is 0.558. The van der Waals surface area contributed by atoms with Gasteiger partial charge in [-0.1, -0.05) is 6.66 Å². The SMILES string of the molecule is [CH2-][PH+]=O.[Li+]. The Balaban J connectivity index is 0. The molecule has 0 N–H and O–H groups in total. The smallest absolute Gasteiger partial charge is 0.115 e. The summed E-state index contributed by atoms with van der Waals surface area (Å²) in [4.78, 5) is 0. The van der Waals surface area contributed by atoms with E-state index in [0.29, 0.717) is 0 Å². The molecular formula is CH3LiOP+. The third kappa shape index (κ3) is 16.0. The zero-order valence-corrected chi connectivity index (χ0v) is 3.62. The molecule has 0 aromatic carbocycles. The molecule has 0 saturated heterocycles. The summed E-state index contributed by atoms with van der Waals surface area (Å²) in [5.74, 6) is 0. The first kappa shape index (κ1) is 8.83. The van der Waals surface area contributed by atoms with E-state index < -0.39 is 8.46 Å². The Morgan fingerprint density at radius 2 is 1.75 bits per heavy atom. The van der Waals surface area contributed by atoms with Crippen LogP contribution in [0.5, 0.6) is 0 Å². The molecule has 0 fully saturated rings. The van der Waals surface area contributed by atoms with Crippen LogP contribution >= 0.6 is 8.46 Å². The van der Waals surface area contributed by atoms with Crippen molar-refractivity contribution in [2.24, 2.45) is 0 Å². The second kappa shape index (κ2) is 9.34. The Labute approximate surface area is 39.2 Å². The Bertz CT molecular complexity index is 15.5. The largest absolute Gasteiger partial charge is 1.00 e. The molecule has 1 nitrogen and oxygen atoms in total. The molecule has 0 aliphatic carbocycles. The predicted octanol–water partition coefficient (Wildman–Crippen LogP) is -2.19. The Kier molecular flexibility index (Phi) is 20.6. The molecule has 0 bridgehead atoms. The summed E-state index contributed by atoms with van der Waals surface area (Å²) in [6.45, 7) is 2.96. The van der Waals surface area contributed by atoms with E-state index in [4.69, 9.17) is 4.57 Å². The Hall–Kier alpha value is 0.697. The van der Waals surface area contributed by atoms with Gasteiger partial charge in [-0.3, -0.25) is 0 Å². The van der Waals surface area contributed by atoms with E-state index in [2.05, 4.69) is 6.66 Å². The minimum absolute atomic E-state index is 0. The van der Waals surface area contributed by atoms with Crippen molar-refractivity contribution < 1.29 is 23.4 Å². The maximum absolute atomic E-state index is 8.85. The molecule has 0 heterocycles. The summed E-state index contributed by atoms with van der Waals surface area (Å²) in [7, 11) is -0.417. The topological polar surface area (TPSA) is 17.1 Å². The first-order chi connectivity index (χ1) is 1.41. The van der Waals surface area contributed by atoms with Crippen molar-refractivity contribution >= 4 is 8.46 Å². The summed E-state index contributed by atoms with van der Waals surface area (Å²) in [6, 6.07) is 0. The van der Waals surface area contributed by atoms with Crippen LogP contribution in [0, 0.1) is 6.66 Å². The molecule has 4 heavy (non-hydrogen) atoms. The molecule has 0 spiro atoms. The molecule has 0 aliphatic rings. The van der Waals surface area contributed by atoms with E-state index in [9.17, 15) is 0 Å². The van der Waals surface area contributed by atoms with Gasteiger partial charge in [-0.25, -0.2) is 0 Å². The molecule has 0 radical (unpaired) electrons. The van der Waals surface area contributed by atoms with Crippen LogP contribution in [-0.4, -0.2) is 0 Å². The van der Waals surface area contributed by atoms with Crippen LogP contribution in [-0.2, 0) is 4.57 Å². The van der Waals surface area contributed by atoms with E-state index in [0.717, 1.165) is 0 Å². The average Bonchev–Trinajstić information content (AvgIpc) is 0.918. The fourth-order valence-corrected chi connectivity index (χ4v) is 0. The van der Waals surface area contributed by atoms with E-state index >= 15 is 0 Å². The minimum atomic E-state index is -0.417. The van der Waals surface area contributed by atoms with Crippen LogP contribution in [0.3, 0.4) is 0 Å². The molecular weight excluding hydrogens is 65.9 g/mol. The molecule has 1 atom stereocenters. The number of hydrogen-bond acceptors (Lipinski definition) is 1. The molecule has 0 aliphatic heterocycles. The van der Waals surface area contributed by atoms with Crippen LogP contribution in [0.1, 0.15) is 0 Å². The van der Waals surface area contributed by atoms with Gasteiger partial charge in [0.15, 0.2) is 8.46 Å². The fraction of sp³-hybridized carbons (Fsp3) is 0. The van der Waals surface area contributed by atoms with Crippen molar-refractivity contribution in [2.45, 2.75) is 0 Å². The standard InChI is InChI=1S/CH3OP.Li/c1-3-2;/h3H,1H2;/q;+1. The van der Waals surface area contributed by atoms with Crippen LogP contribution < -0.4 is 18.9 Å². The van der Waals surface area contributed by atoms with Gasteiger partial charge in [-0.2, -0.15) is 0 Å². The van der Waals surface area contributed by atoms with E-state index in [1.807, 2.05) is 0 Å². The van der Waals surface area contributed by atoms with E-state index in [-0.39, 0.29) is 18.9 Å². The monoisotopic (exact) mass is 69.0 g/mol. The van der Waals surface area contributed by atoms with E-state index in [1.54, 1.807) is 0 Å². The van der Waals surface area contributed by atoms with E-state index in [1.165, 1.54) is 0 Å². The van der Waals surface area contributed by atoms with Crippen LogP contribution in [0.15, 0.2) is 0 Å². The summed E-state index contributed by atoms with van der Waals surface area (Å²) in [6.07, 6.45) is 0. The van der Waals surface area contributed by atoms with Gasteiger partial charge in [0.25, 0.3) is 0 Å². The van der Waals surface area contributed by atoms with Gasteiger partial charge >= 0.3 is 18.9 Å². The molecule has 3 heteroatoms. The summed E-state index contributed by atoms with van der Waals surface area (Å²) in [5, 5.41) is 0. The van der Waals surface area contributed by atoms with Gasteiger partial charge in [-0.05, 0) is 0 Å². The first-order valence-corrected chi connectivity index (χ1v) is 1.67. The number of hydrogen-bond donors (Lipinski definition) is 0. The van der Waals surface area contributed by atoms with Crippen molar-refractivity contribution in [3.63, 3.8) is 0 Å². The van der Waals surface area contributed by atoms with Crippen molar-refractivity contribution in [3.8, 4) is 0 Å². The van der Waals surface area contributed by atoms with Gasteiger partial charge in [0.05, 0.1) is 0 Å². The van der Waals surface area contributed by atoms with Crippen LogP contribution in [0.2, 0.25) is 0 Å². The average molecular weight is 68.9 g/mol. The fourth-order valence-electron chi connectivity index (χ4n) is 0. The van der Waals surface area contributed by atoms with Crippen LogP contribution in [0.25, 0.3) is 0 Å². The summed E-state index contributed by atoms with van der Waals surface area (Å²) < 4.78 is 8.85. The van der Waals surface area contributed by atoms with Crippen molar-refractivity contribution in [1.82, 2.24) is 0 Å². The van der Waals surface area contributed by atoms with Crippen molar-refractivity contribution in [2.75, 3.05) is 0 Å². The zero-order chi connectivity index (χ0) is 2.71. The molecule has 18 valence electrons. The third-order valence-electron chi connectivity index (χ3n) is 0. The predicted molar refractivity (Wildman–Crippen MR) is 14.4 cm³/mol. The van der Waals surface area contributed by atoms with Crippen LogP contribution in [0.4, 0.5) is 0 Å². The van der Waals surface area contributed by atoms with Crippen molar-refractivity contribution in [3.05, 3.63) is 6.66 Å². The molecule has 0 rings (SSSR count). The molecule has 0 saturated carbocycles. The summed E-state index contributed by atoms with van der Waals surface area (Å²) in [5.41, 5.74) is 0. The maximum atomic E-state index is 8.85. The molecule has 1 unspecified atom stereocenters. The van der Waals surface area contributed by atoms with Gasteiger partial charge in [0.1, 0.15) is 0 Å². The minimum Gasteiger partial charge on any atom is -0.115 e. The van der Waals surface area contributed by atoms with Gasteiger partial charge in [-0.15, -0.1) is 4.57 Å². The third-order valence-corrected chi connectivity index (χ3v) is 0. The normalized spacial score (nSPS) is 5.25. The quantitative estimate of drug-likeness (QED) is 0.179. The molecule has 0 aromatic rings. The second-order valence-electron chi connectivity index (χ2n) is 0.144. The van der Waals surface area contributed by atoms with Gasteiger partial charge in [0, 0.05) is 0 Å². The van der Waals surface area contributed by atoms with Gasteiger partial charge in [0.2, 0.25) is 0 Å². The van der Waals surface area contributed by atoms with Gasteiger partial charge < -0.3 is 0 Å². The second-order valence-corrected chi connectivity index (χ2v) is 0.433. The molecule has 0 amide bonds. The summed E-state index contributed by atoms with van der Waals surface area (Å²) >= 11 is 0. The zero-order valence-electron chi connectivity index (χ0n) is 2.62. The maximum Gasteiger partial charge on any atom is 1.00 e.